The van der Waals surface area contributed by atoms with Gasteiger partial charge in [0.15, 0.2) is 5.92 Å². The van der Waals surface area contributed by atoms with E-state index < -0.39 is 23.9 Å². The van der Waals surface area contributed by atoms with Gasteiger partial charge in [-0.2, -0.15) is 0 Å². The lowest BCUT2D eigenvalue weighted by Gasteiger charge is -2.26. The van der Waals surface area contributed by atoms with Crippen molar-refractivity contribution in [3.63, 3.8) is 0 Å². The number of hydrogen-bond donors (Lipinski definition) is 1. The Bertz CT molecular complexity index is 700. The third kappa shape index (κ3) is 5.23. The van der Waals surface area contributed by atoms with Gasteiger partial charge in [-0.05, 0) is 43.7 Å². The first kappa shape index (κ1) is 19.8. The fourth-order valence-corrected chi connectivity index (χ4v) is 2.70. The number of rotatable bonds is 8. The fraction of sp³-hybridized carbons (Fsp3) is 0.300. The van der Waals surface area contributed by atoms with Gasteiger partial charge in [0.2, 0.25) is 0 Å². The average Bonchev–Trinajstić information content (AvgIpc) is 2.64. The minimum absolute atomic E-state index is 0.178. The zero-order chi connectivity index (χ0) is 18.9. The van der Waals surface area contributed by atoms with Crippen LogP contribution >= 0.6 is 11.6 Å². The standard InChI is InChI=1S/C20H22ClNO4/c1-3-25-19(23)17(20(24)26-4-2)18(14-8-6-5-7-9-14)22-16-12-10-15(21)11-13-16/h5-13,17-18,22H,3-4H2,1-2H3/t18-/m0/s1. The summed E-state index contributed by atoms with van der Waals surface area (Å²) in [7, 11) is 0. The van der Waals surface area contributed by atoms with Gasteiger partial charge in [0, 0.05) is 10.7 Å². The highest BCUT2D eigenvalue weighted by molar-refractivity contribution is 6.30. The maximum atomic E-state index is 12.5. The van der Waals surface area contributed by atoms with E-state index in [9.17, 15) is 9.59 Å². The number of ether oxygens (including phenoxy) is 2. The van der Waals surface area contributed by atoms with E-state index in [1.165, 1.54) is 0 Å². The smallest absolute Gasteiger partial charge is 0.322 e. The van der Waals surface area contributed by atoms with Gasteiger partial charge in [0.1, 0.15) is 0 Å². The minimum Gasteiger partial charge on any atom is -0.465 e. The molecule has 2 aromatic rings. The van der Waals surface area contributed by atoms with Crippen LogP contribution in [0.2, 0.25) is 5.02 Å². The Labute approximate surface area is 158 Å². The number of halogens is 1. The Kier molecular flexibility index (Phi) is 7.48. The molecule has 0 heterocycles. The minimum atomic E-state index is -1.13. The molecule has 0 aromatic heterocycles. The van der Waals surface area contributed by atoms with Crippen LogP contribution in [0.3, 0.4) is 0 Å². The molecule has 0 aliphatic rings. The van der Waals surface area contributed by atoms with Gasteiger partial charge < -0.3 is 14.8 Å². The summed E-state index contributed by atoms with van der Waals surface area (Å²) in [4.78, 5) is 25.1. The van der Waals surface area contributed by atoms with Gasteiger partial charge in [-0.3, -0.25) is 9.59 Å². The second-order valence-corrected chi connectivity index (χ2v) is 5.96. The van der Waals surface area contributed by atoms with E-state index >= 15 is 0 Å². The maximum absolute atomic E-state index is 12.5. The van der Waals surface area contributed by atoms with E-state index in [0.29, 0.717) is 5.02 Å². The molecule has 138 valence electrons. The lowest BCUT2D eigenvalue weighted by atomic mass is 9.92. The zero-order valence-electron chi connectivity index (χ0n) is 14.8. The number of anilines is 1. The summed E-state index contributed by atoms with van der Waals surface area (Å²) >= 11 is 5.94. The van der Waals surface area contributed by atoms with E-state index in [0.717, 1.165) is 11.3 Å². The monoisotopic (exact) mass is 375 g/mol. The first-order valence-electron chi connectivity index (χ1n) is 8.47. The van der Waals surface area contributed by atoms with Crippen molar-refractivity contribution in [3.8, 4) is 0 Å². The molecule has 0 saturated carbocycles. The highest BCUT2D eigenvalue weighted by Crippen LogP contribution is 2.29. The van der Waals surface area contributed by atoms with Crippen molar-refractivity contribution in [2.24, 2.45) is 5.92 Å². The zero-order valence-corrected chi connectivity index (χ0v) is 15.5. The van der Waals surface area contributed by atoms with Crippen molar-refractivity contribution in [1.29, 1.82) is 0 Å². The molecule has 6 heteroatoms. The highest BCUT2D eigenvalue weighted by Gasteiger charge is 2.38. The third-order valence-corrected chi connectivity index (χ3v) is 3.99. The summed E-state index contributed by atoms with van der Waals surface area (Å²) in [5.74, 6) is -2.38. The van der Waals surface area contributed by atoms with E-state index in [2.05, 4.69) is 5.32 Å². The lowest BCUT2D eigenvalue weighted by Crippen LogP contribution is -2.36. The van der Waals surface area contributed by atoms with E-state index in [4.69, 9.17) is 21.1 Å². The molecule has 0 fully saturated rings. The molecule has 0 bridgehead atoms. The van der Waals surface area contributed by atoms with Crippen LogP contribution in [-0.2, 0) is 19.1 Å². The molecule has 5 nitrogen and oxygen atoms in total. The highest BCUT2D eigenvalue weighted by atomic mass is 35.5. The van der Waals surface area contributed by atoms with Gasteiger partial charge in [0.05, 0.1) is 19.3 Å². The number of esters is 2. The van der Waals surface area contributed by atoms with Gasteiger partial charge in [-0.25, -0.2) is 0 Å². The van der Waals surface area contributed by atoms with Crippen LogP contribution in [0.5, 0.6) is 0 Å². The van der Waals surface area contributed by atoms with Crippen LogP contribution in [0.25, 0.3) is 0 Å². The van der Waals surface area contributed by atoms with E-state index in [1.54, 1.807) is 38.1 Å². The van der Waals surface area contributed by atoms with Crippen molar-refractivity contribution in [3.05, 3.63) is 65.2 Å². The number of hydrogen-bond acceptors (Lipinski definition) is 5. The molecule has 0 aliphatic carbocycles. The summed E-state index contributed by atoms with van der Waals surface area (Å²) in [5.41, 5.74) is 1.50. The molecule has 0 saturated heterocycles. The molecule has 2 aromatic carbocycles. The van der Waals surface area contributed by atoms with Crippen molar-refractivity contribution >= 4 is 29.2 Å². The molecular formula is C20H22ClNO4. The topological polar surface area (TPSA) is 64.6 Å². The van der Waals surface area contributed by atoms with Crippen LogP contribution in [0, 0.1) is 5.92 Å². The molecule has 0 amide bonds. The van der Waals surface area contributed by atoms with Crippen molar-refractivity contribution in [2.75, 3.05) is 18.5 Å². The summed E-state index contributed by atoms with van der Waals surface area (Å²) in [6.07, 6.45) is 0. The number of nitrogens with one attached hydrogen (secondary N) is 1. The van der Waals surface area contributed by atoms with Crippen molar-refractivity contribution in [1.82, 2.24) is 0 Å². The predicted molar refractivity (Wildman–Crippen MR) is 101 cm³/mol. The SMILES string of the molecule is CCOC(=O)C(C(=O)OCC)[C@@H](Nc1ccc(Cl)cc1)c1ccccc1. The third-order valence-electron chi connectivity index (χ3n) is 3.74. The van der Waals surface area contributed by atoms with Gasteiger partial charge in [-0.1, -0.05) is 41.9 Å². The Balaban J connectivity index is 2.42. The fourth-order valence-electron chi connectivity index (χ4n) is 2.58. The molecule has 26 heavy (non-hydrogen) atoms. The first-order chi connectivity index (χ1) is 12.6. The van der Waals surface area contributed by atoms with Crippen LogP contribution in [0.15, 0.2) is 54.6 Å². The van der Waals surface area contributed by atoms with E-state index in [-0.39, 0.29) is 13.2 Å². The molecule has 2 rings (SSSR count). The van der Waals surface area contributed by atoms with Crippen LogP contribution in [-0.4, -0.2) is 25.2 Å². The first-order valence-corrected chi connectivity index (χ1v) is 8.85. The average molecular weight is 376 g/mol. The Morgan fingerprint density at radius 2 is 1.46 bits per heavy atom. The summed E-state index contributed by atoms with van der Waals surface area (Å²) in [6, 6.07) is 15.6. The Morgan fingerprint density at radius 1 is 0.923 bits per heavy atom. The molecular weight excluding hydrogens is 354 g/mol. The number of benzene rings is 2. The molecule has 0 radical (unpaired) electrons. The Morgan fingerprint density at radius 3 is 1.96 bits per heavy atom. The number of carbonyl (C=O) groups is 2. The lowest BCUT2D eigenvalue weighted by molar-refractivity contribution is -0.162. The molecule has 1 atom stereocenters. The van der Waals surface area contributed by atoms with Crippen molar-refractivity contribution in [2.45, 2.75) is 19.9 Å². The summed E-state index contributed by atoms with van der Waals surface area (Å²) in [5, 5.41) is 3.84. The van der Waals surface area contributed by atoms with Gasteiger partial charge >= 0.3 is 11.9 Å². The molecule has 0 unspecified atom stereocenters. The molecule has 1 N–H and O–H groups in total. The van der Waals surface area contributed by atoms with Crippen LogP contribution in [0.1, 0.15) is 25.5 Å². The van der Waals surface area contributed by atoms with Gasteiger partial charge in [0.25, 0.3) is 0 Å². The quantitative estimate of drug-likeness (QED) is 0.552. The van der Waals surface area contributed by atoms with Crippen molar-refractivity contribution < 1.29 is 19.1 Å². The largest absolute Gasteiger partial charge is 0.465 e. The molecule has 0 spiro atoms. The normalized spacial score (nSPS) is 11.7. The summed E-state index contributed by atoms with van der Waals surface area (Å²) in [6.45, 7) is 3.75. The summed E-state index contributed by atoms with van der Waals surface area (Å²) < 4.78 is 10.3. The Hall–Kier alpha value is -2.53. The molecule has 0 aliphatic heterocycles. The second-order valence-electron chi connectivity index (χ2n) is 5.52. The van der Waals surface area contributed by atoms with Gasteiger partial charge in [-0.15, -0.1) is 0 Å². The predicted octanol–water partition coefficient (Wildman–Crippen LogP) is 4.24. The van der Waals surface area contributed by atoms with Crippen LogP contribution < -0.4 is 5.32 Å². The second kappa shape index (κ2) is 9.82. The number of carbonyl (C=O) groups excluding carboxylic acids is 2. The van der Waals surface area contributed by atoms with Crippen LogP contribution in [0.4, 0.5) is 5.69 Å². The maximum Gasteiger partial charge on any atom is 0.322 e. The van der Waals surface area contributed by atoms with E-state index in [1.807, 2.05) is 30.3 Å².